The van der Waals surface area contributed by atoms with Crippen LogP contribution in [0.15, 0.2) is 39.9 Å². The first kappa shape index (κ1) is 22.5. The number of nitrogens with zero attached hydrogens (tertiary/aromatic N) is 3. The van der Waals surface area contributed by atoms with E-state index in [1.54, 1.807) is 6.92 Å². The number of alkyl halides is 4. The molecule has 5 nitrogen and oxygen atoms in total. The summed E-state index contributed by atoms with van der Waals surface area (Å²) in [6.07, 6.45) is -4.31. The quantitative estimate of drug-likeness (QED) is 0.478. The highest BCUT2D eigenvalue weighted by Gasteiger charge is 2.34. The van der Waals surface area contributed by atoms with Crippen molar-refractivity contribution in [3.63, 3.8) is 0 Å². The highest BCUT2D eigenvalue weighted by atomic mass is 79.9. The van der Waals surface area contributed by atoms with E-state index in [4.69, 9.17) is 0 Å². The van der Waals surface area contributed by atoms with Crippen LogP contribution in [0, 0.1) is 12.7 Å². The predicted octanol–water partition coefficient (Wildman–Crippen LogP) is 4.57. The van der Waals surface area contributed by atoms with E-state index in [0.29, 0.717) is 22.4 Å². The lowest BCUT2D eigenvalue weighted by Gasteiger charge is -2.17. The molecule has 32 heavy (non-hydrogen) atoms. The lowest BCUT2D eigenvalue weighted by atomic mass is 10.0. The molecule has 170 valence electrons. The van der Waals surface area contributed by atoms with Crippen molar-refractivity contribution in [2.24, 2.45) is 0 Å². The van der Waals surface area contributed by atoms with Crippen molar-refractivity contribution in [2.75, 3.05) is 13.1 Å². The minimum absolute atomic E-state index is 0.00214. The summed E-state index contributed by atoms with van der Waals surface area (Å²) in [5.41, 5.74) is -1.32. The van der Waals surface area contributed by atoms with Crippen LogP contribution in [0.1, 0.15) is 17.7 Å². The molecule has 0 saturated carbocycles. The number of carbonyl (C=O) groups excluding carboxylic acids is 1. The third kappa shape index (κ3) is 3.94. The zero-order valence-electron chi connectivity index (χ0n) is 16.7. The third-order valence-electron chi connectivity index (χ3n) is 5.49. The lowest BCUT2D eigenvalue weighted by molar-refractivity contribution is -0.140. The molecule has 1 saturated heterocycles. The number of rotatable bonds is 3. The van der Waals surface area contributed by atoms with Crippen LogP contribution >= 0.6 is 15.9 Å². The van der Waals surface area contributed by atoms with E-state index in [2.05, 4.69) is 15.9 Å². The largest absolute Gasteiger partial charge is 0.419 e. The summed E-state index contributed by atoms with van der Waals surface area (Å²) in [5, 5.41) is 0. The number of halogens is 6. The second kappa shape index (κ2) is 8.02. The third-order valence-corrected chi connectivity index (χ3v) is 6.07. The van der Waals surface area contributed by atoms with Crippen molar-refractivity contribution in [2.45, 2.75) is 32.2 Å². The number of likely N-dealkylation sites (tertiary alicyclic amines) is 1. The molecule has 0 spiro atoms. The van der Waals surface area contributed by atoms with Gasteiger partial charge in [-0.2, -0.15) is 13.2 Å². The Morgan fingerprint density at radius 3 is 2.59 bits per heavy atom. The maximum atomic E-state index is 13.8. The van der Waals surface area contributed by atoms with Gasteiger partial charge in [-0.1, -0.05) is 6.07 Å². The molecule has 0 N–H and O–H groups in total. The number of fused-ring (bicyclic) bond motifs is 1. The fourth-order valence-electron chi connectivity index (χ4n) is 3.95. The highest BCUT2D eigenvalue weighted by Crippen LogP contribution is 2.36. The normalized spacial score (nSPS) is 16.8. The van der Waals surface area contributed by atoms with Crippen molar-refractivity contribution in [3.05, 3.63) is 62.5 Å². The Morgan fingerprint density at radius 2 is 1.97 bits per heavy atom. The molecule has 3 heterocycles. The van der Waals surface area contributed by atoms with Gasteiger partial charge in [-0.15, -0.1) is 0 Å². The molecule has 2 aromatic heterocycles. The fraction of sp³-hybridized carbons (Fsp3) is 0.333. The van der Waals surface area contributed by atoms with Gasteiger partial charge in [-0.25, -0.2) is 8.78 Å². The monoisotopic (exact) mass is 517 g/mol. The molecule has 1 unspecified atom stereocenters. The Hall–Kier alpha value is -2.69. The zero-order valence-corrected chi connectivity index (χ0v) is 18.3. The van der Waals surface area contributed by atoms with Crippen molar-refractivity contribution >= 4 is 27.4 Å². The maximum absolute atomic E-state index is 13.8. The van der Waals surface area contributed by atoms with Crippen molar-refractivity contribution in [1.82, 2.24) is 13.9 Å². The van der Waals surface area contributed by atoms with Crippen LogP contribution in [0.2, 0.25) is 0 Å². The molecule has 1 fully saturated rings. The first-order valence-corrected chi connectivity index (χ1v) is 10.5. The molecule has 0 radical (unpaired) electrons. The van der Waals surface area contributed by atoms with Gasteiger partial charge in [0.15, 0.2) is 0 Å². The molecule has 4 rings (SSSR count). The summed E-state index contributed by atoms with van der Waals surface area (Å²) >= 11 is 3.31. The average Bonchev–Trinajstić information content (AvgIpc) is 3.29. The van der Waals surface area contributed by atoms with E-state index in [1.807, 2.05) is 0 Å². The number of aryl methyl sites for hydroxylation is 1. The van der Waals surface area contributed by atoms with E-state index in [9.17, 15) is 31.5 Å². The number of hydrogen-bond donors (Lipinski definition) is 0. The first-order chi connectivity index (χ1) is 15.0. The predicted molar refractivity (Wildman–Crippen MR) is 111 cm³/mol. The summed E-state index contributed by atoms with van der Waals surface area (Å²) in [6.45, 7) is 1.56. The van der Waals surface area contributed by atoms with Gasteiger partial charge in [-0.3, -0.25) is 9.59 Å². The molecule has 3 aromatic rings. The first-order valence-electron chi connectivity index (χ1n) is 9.67. The van der Waals surface area contributed by atoms with E-state index >= 15 is 0 Å². The summed E-state index contributed by atoms with van der Waals surface area (Å²) < 4.78 is 69.9. The van der Waals surface area contributed by atoms with Gasteiger partial charge >= 0.3 is 6.18 Å². The van der Waals surface area contributed by atoms with E-state index in [-0.39, 0.29) is 42.7 Å². The lowest BCUT2D eigenvalue weighted by Crippen LogP contribution is -2.35. The highest BCUT2D eigenvalue weighted by molar-refractivity contribution is 9.10. The summed E-state index contributed by atoms with van der Waals surface area (Å²) in [5.74, 6) is -1.84. The van der Waals surface area contributed by atoms with Crippen molar-refractivity contribution in [1.29, 1.82) is 0 Å². The second-order valence-corrected chi connectivity index (χ2v) is 8.50. The maximum Gasteiger partial charge on any atom is 0.419 e. The van der Waals surface area contributed by atoms with Crippen LogP contribution in [-0.2, 0) is 17.5 Å². The molecule has 1 aromatic carbocycles. The van der Waals surface area contributed by atoms with Crippen molar-refractivity contribution < 1.29 is 26.7 Å². The van der Waals surface area contributed by atoms with Crippen molar-refractivity contribution in [3.8, 4) is 11.1 Å². The molecular weight excluding hydrogens is 501 g/mol. The Balaban J connectivity index is 1.84. The van der Waals surface area contributed by atoms with Crippen LogP contribution in [0.4, 0.5) is 22.0 Å². The molecule has 1 aliphatic rings. The smallest absolute Gasteiger partial charge is 0.338 e. The molecular formula is C21H17BrF5N3O2. The van der Waals surface area contributed by atoms with Gasteiger partial charge in [0.2, 0.25) is 5.91 Å². The van der Waals surface area contributed by atoms with Gasteiger partial charge in [-0.05, 0) is 53.0 Å². The number of carbonyl (C=O) groups is 1. The van der Waals surface area contributed by atoms with E-state index < -0.39 is 35.2 Å². The van der Waals surface area contributed by atoms with Crippen LogP contribution in [0.3, 0.4) is 0 Å². The van der Waals surface area contributed by atoms with Gasteiger partial charge in [0.25, 0.3) is 5.56 Å². The summed E-state index contributed by atoms with van der Waals surface area (Å²) in [7, 11) is 0. The Morgan fingerprint density at radius 1 is 1.25 bits per heavy atom. The number of aromatic nitrogens is 2. The summed E-state index contributed by atoms with van der Waals surface area (Å²) in [4.78, 5) is 27.1. The number of hydrogen-bond acceptors (Lipinski definition) is 2. The minimum Gasteiger partial charge on any atom is -0.338 e. The molecule has 11 heteroatoms. The Bertz CT molecular complexity index is 1280. The van der Waals surface area contributed by atoms with Crippen LogP contribution < -0.4 is 5.56 Å². The molecule has 0 bridgehead atoms. The zero-order chi connectivity index (χ0) is 23.4. The van der Waals surface area contributed by atoms with Gasteiger partial charge in [0.05, 0.1) is 16.7 Å². The fourth-order valence-corrected chi connectivity index (χ4v) is 4.64. The Labute approximate surface area is 187 Å². The number of benzene rings is 1. The van der Waals surface area contributed by atoms with Gasteiger partial charge < -0.3 is 13.9 Å². The van der Waals surface area contributed by atoms with Crippen LogP contribution in [-0.4, -0.2) is 39.0 Å². The van der Waals surface area contributed by atoms with Crippen LogP contribution in [0.25, 0.3) is 16.6 Å². The Kier molecular flexibility index (Phi) is 5.64. The topological polar surface area (TPSA) is 46.7 Å². The van der Waals surface area contributed by atoms with Crippen LogP contribution in [0.5, 0.6) is 0 Å². The minimum atomic E-state index is -4.90. The van der Waals surface area contributed by atoms with E-state index in [0.717, 1.165) is 10.6 Å². The number of amides is 1. The molecule has 1 amide bonds. The molecule has 0 aliphatic carbocycles. The molecule has 1 atom stereocenters. The van der Waals surface area contributed by atoms with E-state index in [1.165, 1.54) is 21.6 Å². The SMILES string of the molecule is Cc1cn(CC(=O)N2CCC(F)C2)c(=O)c2c(-c3ccc(F)c(C(F)(F)F)c3)cc(Br)n12. The standard InChI is InChI=1S/C21H17BrF5N3O2/c1-11-8-29(10-18(31)28-5-4-13(23)9-28)20(32)19-14(7-17(22)30(11)19)12-2-3-16(24)15(6-12)21(25,26)27/h2-3,6-8,13H,4-5,9-10H2,1H3. The second-order valence-electron chi connectivity index (χ2n) is 7.69. The molecule has 1 aliphatic heterocycles. The summed E-state index contributed by atoms with van der Waals surface area (Å²) in [6, 6.07) is 3.99. The van der Waals surface area contributed by atoms with Gasteiger partial charge in [0.1, 0.15) is 24.1 Å². The van der Waals surface area contributed by atoms with Gasteiger partial charge in [0, 0.05) is 24.0 Å². The average molecular weight is 518 g/mol.